The van der Waals surface area contributed by atoms with Crippen molar-refractivity contribution in [2.45, 2.75) is 37.6 Å². The molecule has 0 radical (unpaired) electrons. The van der Waals surface area contributed by atoms with Gasteiger partial charge >= 0.3 is 0 Å². The van der Waals surface area contributed by atoms with Gasteiger partial charge in [0, 0.05) is 30.1 Å². The van der Waals surface area contributed by atoms with Crippen LogP contribution in [0.1, 0.15) is 37.2 Å². The zero-order valence-electron chi connectivity index (χ0n) is 14.1. The zero-order valence-corrected chi connectivity index (χ0v) is 14.1. The van der Waals surface area contributed by atoms with Crippen LogP contribution in [0.3, 0.4) is 0 Å². The number of nitrogen functional groups attached to an aromatic ring is 1. The fourth-order valence-corrected chi connectivity index (χ4v) is 3.65. The third kappa shape index (κ3) is 2.96. The normalized spacial score (nSPS) is 20.4. The first-order chi connectivity index (χ1) is 12.5. The molecule has 136 valence electrons. The molecule has 0 amide bonds. The number of fused-ring (bicyclic) bond motifs is 1. The van der Waals surface area contributed by atoms with Gasteiger partial charge in [-0.25, -0.2) is 18.3 Å². The summed E-state index contributed by atoms with van der Waals surface area (Å²) in [5.41, 5.74) is 14.2. The van der Waals surface area contributed by atoms with Crippen LogP contribution in [-0.2, 0) is 0 Å². The molecule has 2 heterocycles. The summed E-state index contributed by atoms with van der Waals surface area (Å²) >= 11 is 0. The van der Waals surface area contributed by atoms with Crippen LogP contribution >= 0.6 is 0 Å². The molecule has 0 unspecified atom stereocenters. The van der Waals surface area contributed by atoms with Gasteiger partial charge in [0.2, 0.25) is 0 Å². The molecular formula is C18H20F2N6. The third-order valence-electron chi connectivity index (χ3n) is 4.97. The van der Waals surface area contributed by atoms with E-state index < -0.39 is 11.6 Å². The fraction of sp³-hybridized carbons (Fsp3) is 0.333. The van der Waals surface area contributed by atoms with E-state index >= 15 is 0 Å². The minimum absolute atomic E-state index is 0.0364. The summed E-state index contributed by atoms with van der Waals surface area (Å²) in [5, 5.41) is 7.38. The first kappa shape index (κ1) is 16.7. The first-order valence-corrected chi connectivity index (χ1v) is 8.63. The van der Waals surface area contributed by atoms with E-state index in [-0.39, 0.29) is 17.6 Å². The Balaban J connectivity index is 1.84. The molecular weight excluding hydrogens is 338 g/mol. The molecule has 3 aromatic rings. The number of anilines is 3. The molecule has 0 saturated heterocycles. The highest BCUT2D eigenvalue weighted by Gasteiger charge is 2.27. The molecule has 0 atom stereocenters. The van der Waals surface area contributed by atoms with Gasteiger partial charge in [-0.15, -0.1) is 5.10 Å². The molecule has 26 heavy (non-hydrogen) atoms. The number of nitrogens with zero attached hydrogens (tertiary/aromatic N) is 3. The minimum atomic E-state index is -0.553. The molecule has 1 aliphatic rings. The van der Waals surface area contributed by atoms with Crippen LogP contribution in [0.25, 0.3) is 5.65 Å². The molecule has 0 bridgehead atoms. The van der Waals surface area contributed by atoms with E-state index in [1.807, 2.05) is 0 Å². The molecule has 0 spiro atoms. The van der Waals surface area contributed by atoms with Crippen molar-refractivity contribution in [2.75, 3.05) is 11.1 Å². The van der Waals surface area contributed by atoms with Gasteiger partial charge in [0.25, 0.3) is 0 Å². The number of aromatic nitrogens is 3. The predicted molar refractivity (Wildman–Crippen MR) is 96.2 cm³/mol. The predicted octanol–water partition coefficient (Wildman–Crippen LogP) is 3.32. The fourth-order valence-electron chi connectivity index (χ4n) is 3.65. The Bertz CT molecular complexity index is 946. The van der Waals surface area contributed by atoms with Crippen molar-refractivity contribution in [3.05, 3.63) is 47.8 Å². The lowest BCUT2D eigenvalue weighted by Crippen LogP contribution is -2.26. The Morgan fingerprint density at radius 2 is 1.92 bits per heavy atom. The van der Waals surface area contributed by atoms with E-state index in [1.54, 1.807) is 12.4 Å². The Labute approximate surface area is 149 Å². The SMILES string of the molecule is Nc1nn2ccnc2c(Nc2cc(F)ccc2F)c1[C@H]1CC[C@H](N)CC1. The van der Waals surface area contributed by atoms with Crippen LogP contribution in [0.4, 0.5) is 26.0 Å². The van der Waals surface area contributed by atoms with Crippen molar-refractivity contribution in [1.82, 2.24) is 14.6 Å². The van der Waals surface area contributed by atoms with Crippen molar-refractivity contribution in [2.24, 2.45) is 5.73 Å². The first-order valence-electron chi connectivity index (χ1n) is 8.63. The van der Waals surface area contributed by atoms with Gasteiger partial charge in [-0.1, -0.05) is 0 Å². The van der Waals surface area contributed by atoms with E-state index in [0.717, 1.165) is 49.4 Å². The largest absolute Gasteiger partial charge is 0.382 e. The number of nitrogens with two attached hydrogens (primary N) is 2. The van der Waals surface area contributed by atoms with Crippen molar-refractivity contribution in [1.29, 1.82) is 0 Å². The van der Waals surface area contributed by atoms with Gasteiger partial charge in [-0.3, -0.25) is 0 Å². The summed E-state index contributed by atoms with van der Waals surface area (Å²) < 4.78 is 29.3. The van der Waals surface area contributed by atoms with E-state index in [4.69, 9.17) is 11.5 Å². The van der Waals surface area contributed by atoms with Crippen LogP contribution in [0.5, 0.6) is 0 Å². The average molecular weight is 358 g/mol. The summed E-state index contributed by atoms with van der Waals surface area (Å²) in [6, 6.07) is 3.47. The molecule has 1 aromatic carbocycles. The zero-order chi connectivity index (χ0) is 18.3. The Morgan fingerprint density at radius 3 is 2.69 bits per heavy atom. The quantitative estimate of drug-likeness (QED) is 0.668. The summed E-state index contributed by atoms with van der Waals surface area (Å²) in [5.74, 6) is -0.581. The maximum absolute atomic E-state index is 14.2. The highest BCUT2D eigenvalue weighted by Crippen LogP contribution is 2.41. The Morgan fingerprint density at radius 1 is 1.15 bits per heavy atom. The third-order valence-corrected chi connectivity index (χ3v) is 4.97. The van der Waals surface area contributed by atoms with Gasteiger partial charge in [-0.2, -0.15) is 0 Å². The molecule has 4 rings (SSSR count). The molecule has 0 aliphatic heterocycles. The summed E-state index contributed by atoms with van der Waals surface area (Å²) in [7, 11) is 0. The topological polar surface area (TPSA) is 94.3 Å². The van der Waals surface area contributed by atoms with E-state index in [9.17, 15) is 8.78 Å². The lowest BCUT2D eigenvalue weighted by molar-refractivity contribution is 0.396. The lowest BCUT2D eigenvalue weighted by Gasteiger charge is -2.28. The van der Waals surface area contributed by atoms with Crippen molar-refractivity contribution < 1.29 is 8.78 Å². The minimum Gasteiger partial charge on any atom is -0.382 e. The lowest BCUT2D eigenvalue weighted by atomic mass is 9.81. The van der Waals surface area contributed by atoms with Crippen LogP contribution < -0.4 is 16.8 Å². The average Bonchev–Trinajstić information content (AvgIpc) is 3.07. The molecule has 1 fully saturated rings. The summed E-state index contributed by atoms with van der Waals surface area (Å²) in [6.45, 7) is 0. The number of halogens is 2. The molecule has 1 saturated carbocycles. The maximum atomic E-state index is 14.2. The van der Waals surface area contributed by atoms with Crippen molar-refractivity contribution >= 4 is 22.8 Å². The Kier molecular flexibility index (Phi) is 4.20. The number of hydrogen-bond acceptors (Lipinski definition) is 5. The van der Waals surface area contributed by atoms with Gasteiger partial charge in [-0.05, 0) is 43.7 Å². The maximum Gasteiger partial charge on any atom is 0.177 e. The van der Waals surface area contributed by atoms with Gasteiger partial charge in [0.05, 0.1) is 11.4 Å². The smallest absolute Gasteiger partial charge is 0.177 e. The van der Waals surface area contributed by atoms with E-state index in [0.29, 0.717) is 17.2 Å². The van der Waals surface area contributed by atoms with Gasteiger partial charge in [0.15, 0.2) is 5.65 Å². The van der Waals surface area contributed by atoms with Crippen LogP contribution in [0.15, 0.2) is 30.6 Å². The molecule has 8 heteroatoms. The number of rotatable bonds is 3. The second-order valence-electron chi connectivity index (χ2n) is 6.73. The number of benzene rings is 1. The second kappa shape index (κ2) is 6.53. The summed E-state index contributed by atoms with van der Waals surface area (Å²) in [6.07, 6.45) is 6.76. The van der Waals surface area contributed by atoms with Crippen molar-refractivity contribution in [3.8, 4) is 0 Å². The van der Waals surface area contributed by atoms with Crippen LogP contribution in [0, 0.1) is 11.6 Å². The highest BCUT2D eigenvalue weighted by atomic mass is 19.1. The monoisotopic (exact) mass is 358 g/mol. The van der Waals surface area contributed by atoms with Gasteiger partial charge < -0.3 is 16.8 Å². The Hall–Kier alpha value is -2.74. The molecule has 2 aromatic heterocycles. The van der Waals surface area contributed by atoms with E-state index in [2.05, 4.69) is 15.4 Å². The second-order valence-corrected chi connectivity index (χ2v) is 6.73. The standard InChI is InChI=1S/C18H20F2N6/c19-11-3-6-13(20)14(9-11)24-16-15(10-1-4-12(21)5-2-10)17(22)25-26-8-7-23-18(16)26/h3,6-10,12,24H,1-2,4-5,21H2,(H2,22,25)/t10-,12-. The number of hydrogen-bond donors (Lipinski definition) is 3. The number of imidazole rings is 1. The van der Waals surface area contributed by atoms with Crippen LogP contribution in [0.2, 0.25) is 0 Å². The molecule has 5 N–H and O–H groups in total. The van der Waals surface area contributed by atoms with E-state index in [1.165, 1.54) is 4.52 Å². The van der Waals surface area contributed by atoms with Crippen molar-refractivity contribution in [3.63, 3.8) is 0 Å². The highest BCUT2D eigenvalue weighted by molar-refractivity contribution is 5.80. The molecule has 6 nitrogen and oxygen atoms in total. The van der Waals surface area contributed by atoms with Crippen LogP contribution in [-0.4, -0.2) is 20.6 Å². The number of nitrogens with one attached hydrogen (secondary N) is 1. The van der Waals surface area contributed by atoms with Gasteiger partial charge in [0.1, 0.15) is 17.5 Å². The summed E-state index contributed by atoms with van der Waals surface area (Å²) in [4.78, 5) is 4.32. The molecule has 1 aliphatic carbocycles.